The maximum atomic E-state index is 12.8. The fraction of sp³-hybridized carbons (Fsp3) is 1.00. The Morgan fingerprint density at radius 3 is 2.14 bits per heavy atom. The number of nitrogens with zero attached hydrogens (tertiary/aromatic N) is 2. The lowest BCUT2D eigenvalue weighted by Gasteiger charge is -2.34. The van der Waals surface area contributed by atoms with Crippen molar-refractivity contribution in [1.82, 2.24) is 8.61 Å². The van der Waals surface area contributed by atoms with Crippen LogP contribution in [-0.2, 0) is 10.2 Å². The second kappa shape index (κ2) is 7.40. The van der Waals surface area contributed by atoms with Crippen LogP contribution < -0.4 is 0 Å². The third-order valence-electron chi connectivity index (χ3n) is 5.16. The van der Waals surface area contributed by atoms with Gasteiger partial charge in [0.1, 0.15) is 0 Å². The molecule has 2 aliphatic heterocycles. The lowest BCUT2D eigenvalue weighted by Crippen LogP contribution is -2.47. The van der Waals surface area contributed by atoms with Crippen molar-refractivity contribution >= 4 is 10.2 Å². The van der Waals surface area contributed by atoms with E-state index < -0.39 is 10.2 Å². The van der Waals surface area contributed by atoms with Gasteiger partial charge in [0.05, 0.1) is 0 Å². The van der Waals surface area contributed by atoms with Crippen LogP contribution in [0.3, 0.4) is 0 Å². The second-order valence-electron chi connectivity index (χ2n) is 6.87. The first kappa shape index (κ1) is 17.2. The molecule has 0 spiro atoms. The maximum Gasteiger partial charge on any atom is 0.281 e. The van der Waals surface area contributed by atoms with E-state index in [4.69, 9.17) is 5.11 Å². The maximum absolute atomic E-state index is 12.8. The summed E-state index contributed by atoms with van der Waals surface area (Å²) in [5.74, 6) is 1.55. The predicted octanol–water partition coefficient (Wildman–Crippen LogP) is 1.69. The Morgan fingerprint density at radius 2 is 1.57 bits per heavy atom. The molecule has 2 heterocycles. The molecule has 0 amide bonds. The van der Waals surface area contributed by atoms with E-state index in [2.05, 4.69) is 13.8 Å². The van der Waals surface area contributed by atoms with Gasteiger partial charge in [-0.3, -0.25) is 0 Å². The molecule has 1 N–H and O–H groups in total. The zero-order chi connectivity index (χ0) is 15.5. The normalized spacial score (nSPS) is 27.9. The molecule has 0 aliphatic carbocycles. The van der Waals surface area contributed by atoms with Crippen molar-refractivity contribution in [1.29, 1.82) is 0 Å². The second-order valence-corrected chi connectivity index (χ2v) is 8.80. The summed E-state index contributed by atoms with van der Waals surface area (Å²) in [6, 6.07) is 0. The van der Waals surface area contributed by atoms with Gasteiger partial charge in [-0.15, -0.1) is 0 Å². The topological polar surface area (TPSA) is 60.9 Å². The fourth-order valence-electron chi connectivity index (χ4n) is 3.48. The molecule has 5 nitrogen and oxygen atoms in total. The minimum Gasteiger partial charge on any atom is -0.396 e. The van der Waals surface area contributed by atoms with Crippen LogP contribution >= 0.6 is 0 Å². The first-order chi connectivity index (χ1) is 9.95. The standard InChI is InChI=1S/C15H30N2O3S/c1-13(2)15-4-3-8-16(11-7-15)21(19,20)17-9-5-14(12-18)6-10-17/h13-15,18H,3-12H2,1-2H3. The average Bonchev–Trinajstić information content (AvgIpc) is 2.73. The SMILES string of the molecule is CC(C)C1CCCN(S(=O)(=O)N2CCC(CO)CC2)CC1. The molecule has 2 saturated heterocycles. The number of aliphatic hydroxyl groups excluding tert-OH is 1. The Morgan fingerprint density at radius 1 is 1.00 bits per heavy atom. The summed E-state index contributed by atoms with van der Waals surface area (Å²) < 4.78 is 28.8. The van der Waals surface area contributed by atoms with E-state index in [9.17, 15) is 8.42 Å². The van der Waals surface area contributed by atoms with Gasteiger partial charge in [0, 0.05) is 32.8 Å². The highest BCUT2D eigenvalue weighted by Crippen LogP contribution is 2.27. The van der Waals surface area contributed by atoms with Gasteiger partial charge in [-0.2, -0.15) is 17.0 Å². The van der Waals surface area contributed by atoms with Crippen molar-refractivity contribution in [2.24, 2.45) is 17.8 Å². The summed E-state index contributed by atoms with van der Waals surface area (Å²) in [7, 11) is -3.30. The van der Waals surface area contributed by atoms with Gasteiger partial charge in [-0.05, 0) is 49.9 Å². The molecular weight excluding hydrogens is 288 g/mol. The molecule has 0 saturated carbocycles. The molecule has 0 radical (unpaired) electrons. The van der Waals surface area contributed by atoms with Crippen LogP contribution in [0.2, 0.25) is 0 Å². The molecular formula is C15H30N2O3S. The first-order valence-electron chi connectivity index (χ1n) is 8.31. The average molecular weight is 318 g/mol. The largest absolute Gasteiger partial charge is 0.396 e. The van der Waals surface area contributed by atoms with Gasteiger partial charge in [-0.1, -0.05) is 13.8 Å². The molecule has 0 aromatic heterocycles. The van der Waals surface area contributed by atoms with Crippen molar-refractivity contribution < 1.29 is 13.5 Å². The van der Waals surface area contributed by atoms with Crippen molar-refractivity contribution in [2.75, 3.05) is 32.8 Å². The summed E-state index contributed by atoms with van der Waals surface area (Å²) >= 11 is 0. The quantitative estimate of drug-likeness (QED) is 0.858. The molecule has 0 aromatic rings. The van der Waals surface area contributed by atoms with Gasteiger partial charge in [0.2, 0.25) is 0 Å². The monoisotopic (exact) mass is 318 g/mol. The Labute approximate surface area is 129 Å². The third-order valence-corrected chi connectivity index (χ3v) is 7.19. The molecule has 21 heavy (non-hydrogen) atoms. The van der Waals surface area contributed by atoms with Crippen LogP contribution in [0.15, 0.2) is 0 Å². The van der Waals surface area contributed by atoms with E-state index in [0.29, 0.717) is 38.0 Å². The van der Waals surface area contributed by atoms with Crippen molar-refractivity contribution in [2.45, 2.75) is 46.0 Å². The summed E-state index contributed by atoms with van der Waals surface area (Å²) in [4.78, 5) is 0. The smallest absolute Gasteiger partial charge is 0.281 e. The van der Waals surface area contributed by atoms with Crippen molar-refractivity contribution in [3.05, 3.63) is 0 Å². The molecule has 1 atom stereocenters. The molecule has 2 rings (SSSR count). The summed E-state index contributed by atoms with van der Waals surface area (Å²) in [6.07, 6.45) is 4.63. The zero-order valence-electron chi connectivity index (χ0n) is 13.4. The van der Waals surface area contributed by atoms with Gasteiger partial charge >= 0.3 is 0 Å². The number of hydrogen-bond donors (Lipinski definition) is 1. The number of piperidine rings is 1. The van der Waals surface area contributed by atoms with E-state index in [0.717, 1.165) is 32.1 Å². The summed E-state index contributed by atoms with van der Waals surface area (Å²) in [6.45, 7) is 7.06. The van der Waals surface area contributed by atoms with Crippen LogP contribution in [0, 0.1) is 17.8 Å². The Bertz CT molecular complexity index is 417. The first-order valence-corrected chi connectivity index (χ1v) is 9.71. The van der Waals surface area contributed by atoms with Crippen LogP contribution in [-0.4, -0.2) is 54.9 Å². The minimum absolute atomic E-state index is 0.174. The minimum atomic E-state index is -3.30. The highest BCUT2D eigenvalue weighted by atomic mass is 32.2. The summed E-state index contributed by atoms with van der Waals surface area (Å²) in [5, 5.41) is 9.17. The highest BCUT2D eigenvalue weighted by molar-refractivity contribution is 7.86. The zero-order valence-corrected chi connectivity index (χ0v) is 14.2. The molecule has 0 bridgehead atoms. The van der Waals surface area contributed by atoms with Crippen LogP contribution in [0.1, 0.15) is 46.0 Å². The van der Waals surface area contributed by atoms with E-state index in [1.165, 1.54) is 0 Å². The van der Waals surface area contributed by atoms with Crippen molar-refractivity contribution in [3.63, 3.8) is 0 Å². The number of rotatable bonds is 4. The van der Waals surface area contributed by atoms with Gasteiger partial charge in [0.25, 0.3) is 10.2 Å². The van der Waals surface area contributed by atoms with E-state index >= 15 is 0 Å². The van der Waals surface area contributed by atoms with Crippen LogP contribution in [0.5, 0.6) is 0 Å². The predicted molar refractivity (Wildman–Crippen MR) is 84.1 cm³/mol. The molecule has 124 valence electrons. The van der Waals surface area contributed by atoms with E-state index in [1.54, 1.807) is 8.61 Å². The van der Waals surface area contributed by atoms with Gasteiger partial charge < -0.3 is 5.11 Å². The van der Waals surface area contributed by atoms with E-state index in [1.807, 2.05) is 0 Å². The van der Waals surface area contributed by atoms with Gasteiger partial charge in [0.15, 0.2) is 0 Å². The molecule has 2 fully saturated rings. The molecule has 2 aliphatic rings. The third kappa shape index (κ3) is 4.18. The lowest BCUT2D eigenvalue weighted by molar-refractivity contribution is 0.166. The van der Waals surface area contributed by atoms with Crippen molar-refractivity contribution in [3.8, 4) is 0 Å². The number of hydrogen-bond acceptors (Lipinski definition) is 3. The molecule has 6 heteroatoms. The Balaban J connectivity index is 1.96. The summed E-state index contributed by atoms with van der Waals surface area (Å²) in [5.41, 5.74) is 0. The lowest BCUT2D eigenvalue weighted by atomic mass is 9.89. The van der Waals surface area contributed by atoms with Crippen LogP contribution in [0.25, 0.3) is 0 Å². The Hall–Kier alpha value is -0.170. The Kier molecular flexibility index (Phi) is 6.05. The molecule has 1 unspecified atom stereocenters. The van der Waals surface area contributed by atoms with Gasteiger partial charge in [-0.25, -0.2) is 0 Å². The fourth-order valence-corrected chi connectivity index (χ4v) is 5.17. The highest BCUT2D eigenvalue weighted by Gasteiger charge is 2.34. The molecule has 0 aromatic carbocycles. The van der Waals surface area contributed by atoms with Crippen LogP contribution in [0.4, 0.5) is 0 Å². The van der Waals surface area contributed by atoms with E-state index in [-0.39, 0.29) is 12.5 Å². The number of aliphatic hydroxyl groups is 1.